The van der Waals surface area contributed by atoms with E-state index in [0.29, 0.717) is 0 Å². The van der Waals surface area contributed by atoms with Crippen LogP contribution in [-0.2, 0) is 54.4 Å². The molecule has 4 nitrogen and oxygen atoms in total. The molecule has 0 aromatic carbocycles. The third-order valence-corrected chi connectivity index (χ3v) is 0. The Morgan fingerprint density at radius 2 is 0.571 bits per heavy atom. The maximum Gasteiger partial charge on any atom is 3.00 e. The molecular formula is H4BaO4TiY+. The monoisotopic (exact) mass is 343 g/mol. The van der Waals surface area contributed by atoms with E-state index < -0.39 is 0 Å². The van der Waals surface area contributed by atoms with Crippen molar-refractivity contribution in [1.82, 2.24) is 0 Å². The minimum Gasteiger partial charge on any atom is -0.870 e. The molecule has 0 saturated carbocycles. The Morgan fingerprint density at radius 1 is 0.571 bits per heavy atom. The van der Waals surface area contributed by atoms with Crippen molar-refractivity contribution in [2.45, 2.75) is 0 Å². The van der Waals surface area contributed by atoms with E-state index >= 15 is 0 Å². The molecule has 0 aliphatic rings. The van der Waals surface area contributed by atoms with Crippen molar-refractivity contribution in [3.05, 3.63) is 0 Å². The fourth-order valence-corrected chi connectivity index (χ4v) is 0. The summed E-state index contributed by atoms with van der Waals surface area (Å²) in [4.78, 5) is 0. The first-order valence-electron chi connectivity index (χ1n) is 0. The predicted octanol–water partition coefficient (Wildman–Crippen LogP) is -1.09. The standard InChI is InChI=1S/Ba.4H2O.Ti.Y/h;4*1H2;;/q+2;;;;;;+3/p-4. The van der Waals surface area contributed by atoms with E-state index in [2.05, 4.69) is 0 Å². The number of hydrogen-bond donors (Lipinski definition) is 0. The fourth-order valence-electron chi connectivity index (χ4n) is 0. The third-order valence-electron chi connectivity index (χ3n) is 0. The summed E-state index contributed by atoms with van der Waals surface area (Å²) in [6, 6.07) is 0. The van der Waals surface area contributed by atoms with Gasteiger partial charge in [-0.3, -0.25) is 0 Å². The molecule has 0 saturated heterocycles. The van der Waals surface area contributed by atoms with Crippen LogP contribution < -0.4 is 0 Å². The van der Waals surface area contributed by atoms with Crippen LogP contribution in [0.5, 0.6) is 0 Å². The van der Waals surface area contributed by atoms with Gasteiger partial charge in [-0.2, -0.15) is 0 Å². The van der Waals surface area contributed by atoms with Gasteiger partial charge in [0, 0.05) is 21.7 Å². The smallest absolute Gasteiger partial charge is 0.870 e. The average molecular weight is 342 g/mol. The summed E-state index contributed by atoms with van der Waals surface area (Å²) in [6.45, 7) is 0. The summed E-state index contributed by atoms with van der Waals surface area (Å²) in [5.41, 5.74) is 0. The van der Waals surface area contributed by atoms with E-state index in [1.165, 1.54) is 0 Å². The van der Waals surface area contributed by atoms with Gasteiger partial charge >= 0.3 is 81.6 Å². The van der Waals surface area contributed by atoms with E-state index in [9.17, 15) is 0 Å². The Morgan fingerprint density at radius 3 is 0.571 bits per heavy atom. The zero-order valence-corrected chi connectivity index (χ0v) is 12.4. The van der Waals surface area contributed by atoms with E-state index in [-0.39, 0.29) is 125 Å². The fraction of sp³-hybridized carbons (Fsp3) is 0. The maximum atomic E-state index is 0. The van der Waals surface area contributed by atoms with Gasteiger partial charge in [0.1, 0.15) is 0 Å². The molecule has 0 aromatic rings. The molecule has 0 atom stereocenters. The molecule has 0 radical (unpaired) electrons. The van der Waals surface area contributed by atoms with E-state index in [0.717, 1.165) is 0 Å². The van der Waals surface area contributed by atoms with E-state index in [1.54, 1.807) is 0 Å². The zero-order valence-electron chi connectivity index (χ0n) is 3.57. The Balaban J connectivity index is 0. The molecule has 36 valence electrons. The van der Waals surface area contributed by atoms with Crippen LogP contribution in [0.25, 0.3) is 0 Å². The van der Waals surface area contributed by atoms with Gasteiger partial charge in [-0.25, -0.2) is 0 Å². The van der Waals surface area contributed by atoms with Crippen LogP contribution in [0.4, 0.5) is 0 Å². The molecule has 0 aromatic heterocycles. The zero-order chi connectivity index (χ0) is 0. The van der Waals surface area contributed by atoms with E-state index in [4.69, 9.17) is 0 Å². The van der Waals surface area contributed by atoms with Crippen molar-refractivity contribution >= 4 is 48.9 Å². The maximum absolute atomic E-state index is 0. The van der Waals surface area contributed by atoms with Crippen LogP contribution >= 0.6 is 0 Å². The SMILES string of the molecule is [Ba+2].[OH-].[OH-].[OH-].[OH-].[Ti].[Y+3]. The molecule has 0 unspecified atom stereocenters. The second kappa shape index (κ2) is 59.9. The van der Waals surface area contributed by atoms with Crippen LogP contribution in [0.3, 0.4) is 0 Å². The van der Waals surface area contributed by atoms with Crippen molar-refractivity contribution in [2.24, 2.45) is 0 Å². The molecule has 0 bridgehead atoms. The molecule has 0 aliphatic heterocycles. The average Bonchev–Trinajstić information content (AvgIpc) is 0. The van der Waals surface area contributed by atoms with Gasteiger partial charge in [-0.05, 0) is 0 Å². The first kappa shape index (κ1) is 83.5. The van der Waals surface area contributed by atoms with Gasteiger partial charge < -0.3 is 21.9 Å². The molecule has 0 aliphatic carbocycles. The predicted molar refractivity (Wildman–Crippen MR) is 13.5 cm³/mol. The van der Waals surface area contributed by atoms with Crippen LogP contribution in [0.15, 0.2) is 0 Å². The quantitative estimate of drug-likeness (QED) is 0.519. The molecular weight excluding hydrogens is 338 g/mol. The van der Waals surface area contributed by atoms with Gasteiger partial charge in [0.25, 0.3) is 0 Å². The second-order valence-electron chi connectivity index (χ2n) is 0. The third kappa shape index (κ3) is 46.3. The van der Waals surface area contributed by atoms with Gasteiger partial charge in [0.05, 0.1) is 0 Å². The van der Waals surface area contributed by atoms with Crippen LogP contribution in [0, 0.1) is 0 Å². The van der Waals surface area contributed by atoms with Crippen molar-refractivity contribution in [3.8, 4) is 0 Å². The van der Waals surface area contributed by atoms with Crippen molar-refractivity contribution in [2.75, 3.05) is 0 Å². The molecule has 7 heavy (non-hydrogen) atoms. The van der Waals surface area contributed by atoms with Gasteiger partial charge in [-0.1, -0.05) is 0 Å². The normalized spacial score (nSPS) is 0. The minimum absolute atomic E-state index is 0. The summed E-state index contributed by atoms with van der Waals surface area (Å²) in [6.07, 6.45) is 0. The summed E-state index contributed by atoms with van der Waals surface area (Å²) < 4.78 is 0. The summed E-state index contributed by atoms with van der Waals surface area (Å²) in [7, 11) is 0. The largest absolute Gasteiger partial charge is 3.00 e. The number of hydrogen-bond acceptors (Lipinski definition) is 4. The molecule has 0 rings (SSSR count). The Kier molecular flexibility index (Phi) is 715. The van der Waals surface area contributed by atoms with Crippen LogP contribution in [-0.4, -0.2) is 70.8 Å². The molecule has 0 spiro atoms. The Labute approximate surface area is 122 Å². The Bertz CT molecular complexity index is 11.7. The number of rotatable bonds is 0. The molecule has 0 fully saturated rings. The summed E-state index contributed by atoms with van der Waals surface area (Å²) in [5.74, 6) is 0. The minimum atomic E-state index is 0. The van der Waals surface area contributed by atoms with Gasteiger partial charge in [0.2, 0.25) is 0 Å². The molecule has 0 heterocycles. The van der Waals surface area contributed by atoms with Crippen molar-refractivity contribution in [3.63, 3.8) is 0 Å². The van der Waals surface area contributed by atoms with Gasteiger partial charge in [0.15, 0.2) is 0 Å². The molecule has 0 amide bonds. The van der Waals surface area contributed by atoms with Crippen LogP contribution in [0.1, 0.15) is 0 Å². The molecule has 4 N–H and O–H groups in total. The van der Waals surface area contributed by atoms with Crippen LogP contribution in [0.2, 0.25) is 0 Å². The van der Waals surface area contributed by atoms with E-state index in [1.807, 2.05) is 0 Å². The summed E-state index contributed by atoms with van der Waals surface area (Å²) >= 11 is 0. The van der Waals surface area contributed by atoms with Gasteiger partial charge in [-0.15, -0.1) is 0 Å². The summed E-state index contributed by atoms with van der Waals surface area (Å²) in [5, 5.41) is 0. The van der Waals surface area contributed by atoms with Crippen molar-refractivity contribution < 1.29 is 76.3 Å². The Hall–Kier alpha value is 3.23. The topological polar surface area (TPSA) is 120 Å². The second-order valence-corrected chi connectivity index (χ2v) is 0. The van der Waals surface area contributed by atoms with Crippen molar-refractivity contribution in [1.29, 1.82) is 0 Å². The molecule has 7 heteroatoms. The first-order valence-corrected chi connectivity index (χ1v) is 0. The first-order chi connectivity index (χ1) is 0.